The van der Waals surface area contributed by atoms with E-state index in [0.717, 1.165) is 5.56 Å². The number of benzene rings is 1. The molecule has 0 bridgehead atoms. The lowest BCUT2D eigenvalue weighted by Gasteiger charge is -2.37. The molecule has 5 heteroatoms. The molecule has 0 radical (unpaired) electrons. The summed E-state index contributed by atoms with van der Waals surface area (Å²) in [5.74, 6) is -0.158. The number of carbonyl (C=O) groups is 1. The number of nitriles is 1. The van der Waals surface area contributed by atoms with Gasteiger partial charge >= 0.3 is 6.09 Å². The first-order chi connectivity index (χ1) is 10.3. The van der Waals surface area contributed by atoms with E-state index in [4.69, 9.17) is 10.00 Å². The molecule has 1 saturated heterocycles. The topological polar surface area (TPSA) is 73.6 Å². The fourth-order valence-electron chi connectivity index (χ4n) is 2.56. The summed E-state index contributed by atoms with van der Waals surface area (Å²) in [5.41, 5.74) is 0.981. The zero-order chi connectivity index (χ0) is 16.3. The lowest BCUT2D eigenvalue weighted by atomic mass is 9.88. The third-order valence-corrected chi connectivity index (χ3v) is 3.70. The van der Waals surface area contributed by atoms with Gasteiger partial charge in [0.25, 0.3) is 0 Å². The van der Waals surface area contributed by atoms with Crippen LogP contribution < -0.4 is 0 Å². The van der Waals surface area contributed by atoms with Gasteiger partial charge in [0.15, 0.2) is 0 Å². The Morgan fingerprint density at radius 3 is 2.55 bits per heavy atom. The number of piperidine rings is 1. The van der Waals surface area contributed by atoms with E-state index in [1.165, 1.54) is 0 Å². The molecule has 1 fully saturated rings. The molecule has 0 unspecified atom stereocenters. The molecule has 1 aliphatic rings. The molecule has 2 rings (SSSR count). The van der Waals surface area contributed by atoms with E-state index in [1.807, 2.05) is 32.9 Å². The molecular weight excluding hydrogens is 280 g/mol. The van der Waals surface area contributed by atoms with E-state index in [1.54, 1.807) is 17.0 Å². The van der Waals surface area contributed by atoms with Gasteiger partial charge in [0.05, 0.1) is 17.7 Å². The van der Waals surface area contributed by atoms with E-state index in [0.29, 0.717) is 25.1 Å². The minimum atomic E-state index is -0.531. The third-order valence-electron chi connectivity index (χ3n) is 3.70. The normalized spacial score (nSPS) is 22.0. The molecule has 0 aromatic heterocycles. The minimum absolute atomic E-state index is 0.158. The fourth-order valence-corrected chi connectivity index (χ4v) is 2.56. The van der Waals surface area contributed by atoms with Gasteiger partial charge in [0, 0.05) is 19.0 Å². The molecular formula is C17H22N2O3. The van der Waals surface area contributed by atoms with Crippen LogP contribution in [0.15, 0.2) is 24.3 Å². The number of aliphatic hydroxyl groups is 1. The molecule has 0 spiro atoms. The second kappa shape index (κ2) is 6.37. The molecule has 1 heterocycles. The smallest absolute Gasteiger partial charge is 0.410 e. The lowest BCUT2D eigenvalue weighted by molar-refractivity contribution is 0.00407. The van der Waals surface area contributed by atoms with Crippen molar-refractivity contribution in [3.63, 3.8) is 0 Å². The summed E-state index contributed by atoms with van der Waals surface area (Å²) in [6.45, 7) is 6.41. The summed E-state index contributed by atoms with van der Waals surface area (Å²) in [6, 6.07) is 9.21. The van der Waals surface area contributed by atoms with Crippen LogP contribution in [0.1, 0.15) is 44.2 Å². The van der Waals surface area contributed by atoms with Crippen LogP contribution in [0.3, 0.4) is 0 Å². The van der Waals surface area contributed by atoms with Crippen molar-refractivity contribution >= 4 is 6.09 Å². The van der Waals surface area contributed by atoms with Crippen molar-refractivity contribution in [3.8, 4) is 6.07 Å². The fraction of sp³-hybridized carbons (Fsp3) is 0.529. The van der Waals surface area contributed by atoms with Gasteiger partial charge in [-0.1, -0.05) is 12.1 Å². The quantitative estimate of drug-likeness (QED) is 0.865. The van der Waals surface area contributed by atoms with Crippen LogP contribution in [0.2, 0.25) is 0 Å². The molecule has 1 amide bonds. The van der Waals surface area contributed by atoms with Gasteiger partial charge in [-0.05, 0) is 44.9 Å². The molecule has 1 aromatic carbocycles. The Morgan fingerprint density at radius 2 is 2.00 bits per heavy atom. The van der Waals surface area contributed by atoms with Crippen molar-refractivity contribution in [1.82, 2.24) is 4.90 Å². The molecule has 1 aliphatic heterocycles. The number of nitrogens with zero attached hydrogens (tertiary/aromatic N) is 2. The SMILES string of the molecule is CC(C)(C)OC(=O)N1CC[C@H](O)[C@H](c2ccc(C#N)cc2)C1. The zero-order valence-electron chi connectivity index (χ0n) is 13.2. The monoisotopic (exact) mass is 302 g/mol. The van der Waals surface area contributed by atoms with Crippen LogP contribution in [-0.2, 0) is 4.74 Å². The summed E-state index contributed by atoms with van der Waals surface area (Å²) < 4.78 is 5.40. The van der Waals surface area contributed by atoms with Crippen molar-refractivity contribution in [1.29, 1.82) is 5.26 Å². The van der Waals surface area contributed by atoms with Crippen LogP contribution in [0.4, 0.5) is 4.79 Å². The third kappa shape index (κ3) is 3.99. The van der Waals surface area contributed by atoms with Crippen LogP contribution in [-0.4, -0.2) is 40.9 Å². The minimum Gasteiger partial charge on any atom is -0.444 e. The number of carbonyl (C=O) groups excluding carboxylic acids is 1. The van der Waals surface area contributed by atoms with Crippen LogP contribution in [0, 0.1) is 11.3 Å². The number of amides is 1. The molecule has 1 aromatic rings. The van der Waals surface area contributed by atoms with Crippen molar-refractivity contribution < 1.29 is 14.6 Å². The van der Waals surface area contributed by atoms with Crippen molar-refractivity contribution in [3.05, 3.63) is 35.4 Å². The Morgan fingerprint density at radius 1 is 1.36 bits per heavy atom. The van der Waals surface area contributed by atoms with Gasteiger partial charge in [0.2, 0.25) is 0 Å². The number of hydrogen-bond donors (Lipinski definition) is 1. The maximum atomic E-state index is 12.2. The Hall–Kier alpha value is -2.06. The molecule has 118 valence electrons. The summed E-state index contributed by atoms with van der Waals surface area (Å²) in [5, 5.41) is 19.1. The van der Waals surface area contributed by atoms with Crippen molar-refractivity contribution in [2.24, 2.45) is 0 Å². The van der Waals surface area contributed by atoms with E-state index < -0.39 is 11.7 Å². The Bertz CT molecular complexity index is 569. The summed E-state index contributed by atoms with van der Waals surface area (Å²) >= 11 is 0. The maximum Gasteiger partial charge on any atom is 0.410 e. The summed E-state index contributed by atoms with van der Waals surface area (Å²) in [7, 11) is 0. The molecule has 22 heavy (non-hydrogen) atoms. The Kier molecular flexibility index (Phi) is 4.72. The van der Waals surface area contributed by atoms with Gasteiger partial charge in [0.1, 0.15) is 5.60 Å². The van der Waals surface area contributed by atoms with E-state index in [9.17, 15) is 9.90 Å². The predicted octanol–water partition coefficient (Wildman–Crippen LogP) is 2.64. The second-order valence-corrected chi connectivity index (χ2v) is 6.62. The predicted molar refractivity (Wildman–Crippen MR) is 82.3 cm³/mol. The standard InChI is InChI=1S/C17H22N2O3/c1-17(2,3)22-16(21)19-9-8-15(20)14(11-19)13-6-4-12(10-18)5-7-13/h4-7,14-15,20H,8-9,11H2,1-3H3/t14-,15-/m0/s1. The highest BCUT2D eigenvalue weighted by Crippen LogP contribution is 2.28. The average Bonchev–Trinajstić information content (AvgIpc) is 2.46. The molecule has 1 N–H and O–H groups in total. The molecule has 5 nitrogen and oxygen atoms in total. The maximum absolute atomic E-state index is 12.2. The summed E-state index contributed by atoms with van der Waals surface area (Å²) in [4.78, 5) is 13.8. The number of ether oxygens (including phenoxy) is 1. The zero-order valence-corrected chi connectivity index (χ0v) is 13.2. The van der Waals surface area contributed by atoms with Crippen LogP contribution >= 0.6 is 0 Å². The van der Waals surface area contributed by atoms with Crippen LogP contribution in [0.25, 0.3) is 0 Å². The first-order valence-electron chi connectivity index (χ1n) is 7.46. The van der Waals surface area contributed by atoms with E-state index in [-0.39, 0.29) is 12.0 Å². The van der Waals surface area contributed by atoms with Crippen LogP contribution in [0.5, 0.6) is 0 Å². The number of likely N-dealkylation sites (tertiary alicyclic amines) is 1. The number of hydrogen-bond acceptors (Lipinski definition) is 4. The number of aliphatic hydroxyl groups excluding tert-OH is 1. The molecule has 0 aliphatic carbocycles. The van der Waals surface area contributed by atoms with Gasteiger partial charge in [-0.25, -0.2) is 4.79 Å². The highest BCUT2D eigenvalue weighted by molar-refractivity contribution is 5.68. The Balaban J connectivity index is 2.10. The first kappa shape index (κ1) is 16.3. The van der Waals surface area contributed by atoms with Gasteiger partial charge in [-0.2, -0.15) is 5.26 Å². The summed E-state index contributed by atoms with van der Waals surface area (Å²) in [6.07, 6.45) is -0.325. The van der Waals surface area contributed by atoms with Crippen molar-refractivity contribution in [2.45, 2.75) is 44.8 Å². The highest BCUT2D eigenvalue weighted by Gasteiger charge is 2.33. The van der Waals surface area contributed by atoms with Crippen molar-refractivity contribution in [2.75, 3.05) is 13.1 Å². The largest absolute Gasteiger partial charge is 0.444 e. The highest BCUT2D eigenvalue weighted by atomic mass is 16.6. The average molecular weight is 302 g/mol. The molecule has 0 saturated carbocycles. The van der Waals surface area contributed by atoms with E-state index in [2.05, 4.69) is 6.07 Å². The van der Waals surface area contributed by atoms with Gasteiger partial charge in [-0.15, -0.1) is 0 Å². The van der Waals surface area contributed by atoms with Gasteiger partial charge in [-0.3, -0.25) is 0 Å². The Labute approximate surface area is 131 Å². The number of rotatable bonds is 1. The lowest BCUT2D eigenvalue weighted by Crippen LogP contribution is -2.46. The first-order valence-corrected chi connectivity index (χ1v) is 7.46. The van der Waals surface area contributed by atoms with E-state index >= 15 is 0 Å². The second-order valence-electron chi connectivity index (χ2n) is 6.62. The van der Waals surface area contributed by atoms with Gasteiger partial charge < -0.3 is 14.7 Å². The molecule has 2 atom stereocenters.